The van der Waals surface area contributed by atoms with Crippen molar-refractivity contribution in [1.29, 1.82) is 0 Å². The molecule has 0 bridgehead atoms. The maximum atomic E-state index is 13.0. The van der Waals surface area contributed by atoms with Crippen LogP contribution in [0.25, 0.3) is 11.0 Å². The molecule has 1 aliphatic rings. The Bertz CT molecular complexity index is 1240. The number of carbonyl (C=O) groups excluding carboxylic acids is 1. The van der Waals surface area contributed by atoms with Gasteiger partial charge >= 0.3 is 0 Å². The molecule has 0 radical (unpaired) electrons. The summed E-state index contributed by atoms with van der Waals surface area (Å²) in [6.07, 6.45) is 1.92. The number of hydrogen-bond donors (Lipinski definition) is 0. The maximum Gasteiger partial charge on any atom is 0.228 e. The second kappa shape index (κ2) is 8.88. The molecular weight excluding hydrogens is 466 g/mol. The molecule has 0 spiro atoms. The minimum Gasteiger partial charge on any atom is -0.451 e. The smallest absolute Gasteiger partial charge is 0.228 e. The number of piperazine rings is 1. The number of anilines is 1. The van der Waals surface area contributed by atoms with Crippen molar-refractivity contribution in [2.75, 3.05) is 31.1 Å². The van der Waals surface area contributed by atoms with E-state index in [0.717, 1.165) is 53.8 Å². The normalized spacial score (nSPS) is 14.8. The summed E-state index contributed by atoms with van der Waals surface area (Å²) < 4.78 is 6.94. The van der Waals surface area contributed by atoms with E-state index in [-0.39, 0.29) is 5.78 Å². The summed E-state index contributed by atoms with van der Waals surface area (Å²) >= 11 is 3.41. The SMILES string of the molecule is Cc1ncc(CN2CCN(c3ccccc3)CC2)c2cc(C(=O)c3ccc(Br)cc3)oc12. The fraction of sp³-hybridized carbons (Fsp3) is 0.231. The molecule has 4 aromatic rings. The second-order valence-corrected chi connectivity index (χ2v) is 9.07. The Hall–Kier alpha value is -2.96. The molecule has 3 heterocycles. The summed E-state index contributed by atoms with van der Waals surface area (Å²) in [5.74, 6) is 0.240. The average molecular weight is 490 g/mol. The van der Waals surface area contributed by atoms with Crippen molar-refractivity contribution < 1.29 is 9.21 Å². The van der Waals surface area contributed by atoms with Gasteiger partial charge in [-0.05, 0) is 55.0 Å². The zero-order valence-electron chi connectivity index (χ0n) is 17.9. The van der Waals surface area contributed by atoms with E-state index >= 15 is 0 Å². The molecule has 0 N–H and O–H groups in total. The van der Waals surface area contributed by atoms with Crippen LogP contribution in [0.1, 0.15) is 27.4 Å². The molecule has 0 saturated carbocycles. The molecule has 1 saturated heterocycles. The van der Waals surface area contributed by atoms with Gasteiger partial charge in [0.1, 0.15) is 0 Å². The van der Waals surface area contributed by atoms with E-state index in [9.17, 15) is 4.79 Å². The number of rotatable bonds is 5. The van der Waals surface area contributed by atoms with Crippen LogP contribution in [-0.2, 0) is 6.54 Å². The van der Waals surface area contributed by atoms with Gasteiger partial charge in [-0.2, -0.15) is 0 Å². The molecule has 1 aliphatic heterocycles. The lowest BCUT2D eigenvalue weighted by molar-refractivity contribution is 0.101. The van der Waals surface area contributed by atoms with Gasteiger partial charge in [0.2, 0.25) is 5.78 Å². The minimum absolute atomic E-state index is 0.115. The Morgan fingerprint density at radius 2 is 1.75 bits per heavy atom. The number of aryl methyl sites for hydroxylation is 1. The highest BCUT2D eigenvalue weighted by atomic mass is 79.9. The van der Waals surface area contributed by atoms with E-state index in [2.05, 4.69) is 61.0 Å². The highest BCUT2D eigenvalue weighted by molar-refractivity contribution is 9.10. The van der Waals surface area contributed by atoms with Crippen LogP contribution in [0.2, 0.25) is 0 Å². The van der Waals surface area contributed by atoms with Gasteiger partial charge in [0.25, 0.3) is 0 Å². The molecule has 1 fully saturated rings. The van der Waals surface area contributed by atoms with Crippen molar-refractivity contribution in [2.24, 2.45) is 0 Å². The summed E-state index contributed by atoms with van der Waals surface area (Å²) in [4.78, 5) is 22.4. The molecule has 162 valence electrons. The predicted octanol–water partition coefficient (Wildman–Crippen LogP) is 5.45. The number of furan rings is 1. The standard InChI is InChI=1S/C26H24BrN3O2/c1-18-26-23(15-24(32-26)25(31)19-7-9-21(27)10-8-19)20(16-28-18)17-29-11-13-30(14-12-29)22-5-3-2-4-6-22/h2-10,15-16H,11-14,17H2,1H3. The molecule has 2 aromatic heterocycles. The van der Waals surface area contributed by atoms with Gasteiger partial charge in [0.05, 0.1) is 5.69 Å². The third-order valence-electron chi connectivity index (χ3n) is 6.04. The van der Waals surface area contributed by atoms with Gasteiger partial charge in [-0.1, -0.05) is 34.1 Å². The number of halogens is 1. The van der Waals surface area contributed by atoms with Crippen LogP contribution in [0.4, 0.5) is 5.69 Å². The van der Waals surface area contributed by atoms with Crippen LogP contribution < -0.4 is 4.90 Å². The molecule has 2 aromatic carbocycles. The quantitative estimate of drug-likeness (QED) is 0.348. The Labute approximate surface area is 195 Å². The monoisotopic (exact) mass is 489 g/mol. The first-order valence-corrected chi connectivity index (χ1v) is 11.6. The fourth-order valence-corrected chi connectivity index (χ4v) is 4.49. The number of ketones is 1. The number of nitrogens with zero attached hydrogens (tertiary/aromatic N) is 3. The number of para-hydroxylation sites is 1. The molecule has 6 heteroatoms. The zero-order chi connectivity index (χ0) is 22.1. The topological polar surface area (TPSA) is 49.6 Å². The Balaban J connectivity index is 1.35. The highest BCUT2D eigenvalue weighted by Crippen LogP contribution is 2.28. The summed E-state index contributed by atoms with van der Waals surface area (Å²) in [6.45, 7) is 6.65. The molecule has 0 atom stereocenters. The van der Waals surface area contributed by atoms with Crippen molar-refractivity contribution in [3.63, 3.8) is 0 Å². The number of fused-ring (bicyclic) bond motifs is 1. The van der Waals surface area contributed by atoms with Gasteiger partial charge in [-0.15, -0.1) is 0 Å². The molecule has 5 nitrogen and oxygen atoms in total. The average Bonchev–Trinajstić information content (AvgIpc) is 3.29. The third kappa shape index (κ3) is 4.20. The molecule has 0 aliphatic carbocycles. The van der Waals surface area contributed by atoms with Gasteiger partial charge in [0, 0.05) is 60.0 Å². The number of benzene rings is 2. The number of aromatic nitrogens is 1. The molecule has 0 unspecified atom stereocenters. The molecule has 32 heavy (non-hydrogen) atoms. The summed E-state index contributed by atoms with van der Waals surface area (Å²) in [5.41, 5.74) is 4.48. The highest BCUT2D eigenvalue weighted by Gasteiger charge is 2.21. The lowest BCUT2D eigenvalue weighted by Crippen LogP contribution is -2.46. The second-order valence-electron chi connectivity index (χ2n) is 8.16. The zero-order valence-corrected chi connectivity index (χ0v) is 19.5. The van der Waals surface area contributed by atoms with E-state index in [1.165, 1.54) is 5.69 Å². The first-order valence-electron chi connectivity index (χ1n) is 10.8. The van der Waals surface area contributed by atoms with Gasteiger partial charge in [-0.25, -0.2) is 0 Å². The van der Waals surface area contributed by atoms with Gasteiger partial charge in [-0.3, -0.25) is 14.7 Å². The number of carbonyl (C=O) groups is 1. The molecular formula is C26H24BrN3O2. The first kappa shape index (κ1) is 20.9. The van der Waals surface area contributed by atoms with Crippen molar-refractivity contribution in [3.05, 3.63) is 93.9 Å². The number of hydrogen-bond acceptors (Lipinski definition) is 5. The van der Waals surface area contributed by atoms with Crippen LogP contribution in [-0.4, -0.2) is 41.8 Å². The van der Waals surface area contributed by atoms with Crippen molar-refractivity contribution in [1.82, 2.24) is 9.88 Å². The lowest BCUT2D eigenvalue weighted by Gasteiger charge is -2.36. The van der Waals surface area contributed by atoms with Crippen LogP contribution in [0.5, 0.6) is 0 Å². The van der Waals surface area contributed by atoms with Crippen LogP contribution in [0.15, 0.2) is 75.8 Å². The van der Waals surface area contributed by atoms with E-state index in [0.29, 0.717) is 16.9 Å². The maximum absolute atomic E-state index is 13.0. The van der Waals surface area contributed by atoms with Crippen molar-refractivity contribution in [2.45, 2.75) is 13.5 Å². The molecule has 0 amide bonds. The minimum atomic E-state index is -0.115. The molecule has 5 rings (SSSR count). The van der Waals surface area contributed by atoms with Crippen LogP contribution in [0, 0.1) is 6.92 Å². The van der Waals surface area contributed by atoms with Gasteiger partial charge < -0.3 is 9.32 Å². The first-order chi connectivity index (χ1) is 15.6. The summed E-state index contributed by atoms with van der Waals surface area (Å²) in [7, 11) is 0. The van der Waals surface area contributed by atoms with E-state index in [1.807, 2.05) is 31.3 Å². The van der Waals surface area contributed by atoms with Crippen molar-refractivity contribution >= 4 is 38.4 Å². The van der Waals surface area contributed by atoms with Crippen LogP contribution in [0.3, 0.4) is 0 Å². The van der Waals surface area contributed by atoms with E-state index in [1.54, 1.807) is 12.1 Å². The summed E-state index contributed by atoms with van der Waals surface area (Å²) in [6, 6.07) is 19.8. The lowest BCUT2D eigenvalue weighted by atomic mass is 10.1. The van der Waals surface area contributed by atoms with Crippen LogP contribution >= 0.6 is 15.9 Å². The Morgan fingerprint density at radius 1 is 1.03 bits per heavy atom. The Morgan fingerprint density at radius 3 is 2.47 bits per heavy atom. The predicted molar refractivity (Wildman–Crippen MR) is 130 cm³/mol. The van der Waals surface area contributed by atoms with E-state index in [4.69, 9.17) is 4.42 Å². The third-order valence-corrected chi connectivity index (χ3v) is 6.57. The number of pyridine rings is 1. The van der Waals surface area contributed by atoms with Crippen molar-refractivity contribution in [3.8, 4) is 0 Å². The fourth-order valence-electron chi connectivity index (χ4n) is 4.23. The largest absolute Gasteiger partial charge is 0.451 e. The van der Waals surface area contributed by atoms with E-state index < -0.39 is 0 Å². The Kier molecular flexibility index (Phi) is 5.81. The summed E-state index contributed by atoms with van der Waals surface area (Å²) in [5, 5.41) is 0.975. The van der Waals surface area contributed by atoms with Gasteiger partial charge in [0.15, 0.2) is 11.3 Å².